The molecule has 4 nitrogen and oxygen atoms in total. The second-order valence-corrected chi connectivity index (χ2v) is 4.48. The molecule has 1 saturated heterocycles. The van der Waals surface area contributed by atoms with Gasteiger partial charge in [-0.3, -0.25) is 4.79 Å². The average molecular weight is 223 g/mol. The summed E-state index contributed by atoms with van der Waals surface area (Å²) in [5.41, 5.74) is 0. The fourth-order valence-corrected chi connectivity index (χ4v) is 2.06. The SMILES string of the molecule is CC1CC(C(=O)NCCCCC#N)CCN1. The summed E-state index contributed by atoms with van der Waals surface area (Å²) in [6.45, 7) is 3.76. The van der Waals surface area contributed by atoms with Crippen molar-refractivity contribution in [3.63, 3.8) is 0 Å². The topological polar surface area (TPSA) is 64.9 Å². The molecule has 0 spiro atoms. The molecule has 1 aliphatic heterocycles. The van der Waals surface area contributed by atoms with Gasteiger partial charge in [0.05, 0.1) is 6.07 Å². The molecule has 90 valence electrons. The molecule has 2 N–H and O–H groups in total. The van der Waals surface area contributed by atoms with Gasteiger partial charge in [0.15, 0.2) is 0 Å². The van der Waals surface area contributed by atoms with Gasteiger partial charge in [-0.15, -0.1) is 0 Å². The van der Waals surface area contributed by atoms with Gasteiger partial charge in [-0.1, -0.05) is 0 Å². The van der Waals surface area contributed by atoms with Crippen LogP contribution >= 0.6 is 0 Å². The lowest BCUT2D eigenvalue weighted by atomic mass is 9.92. The molecule has 4 heteroatoms. The Morgan fingerprint density at radius 2 is 2.38 bits per heavy atom. The molecule has 0 saturated carbocycles. The first-order valence-electron chi connectivity index (χ1n) is 6.12. The molecule has 2 unspecified atom stereocenters. The third-order valence-electron chi connectivity index (χ3n) is 3.01. The van der Waals surface area contributed by atoms with Crippen LogP contribution in [0.25, 0.3) is 0 Å². The Kier molecular flexibility index (Phi) is 5.87. The van der Waals surface area contributed by atoms with Crippen LogP contribution in [0.1, 0.15) is 39.0 Å². The second-order valence-electron chi connectivity index (χ2n) is 4.48. The van der Waals surface area contributed by atoms with Crippen LogP contribution in [-0.2, 0) is 4.79 Å². The molecule has 1 amide bonds. The number of nitrogens with one attached hydrogen (secondary N) is 2. The van der Waals surface area contributed by atoms with E-state index < -0.39 is 0 Å². The average Bonchev–Trinajstić information content (AvgIpc) is 2.28. The van der Waals surface area contributed by atoms with E-state index >= 15 is 0 Å². The lowest BCUT2D eigenvalue weighted by Gasteiger charge is -2.27. The van der Waals surface area contributed by atoms with Gasteiger partial charge in [-0.2, -0.15) is 5.26 Å². The number of hydrogen-bond acceptors (Lipinski definition) is 3. The van der Waals surface area contributed by atoms with E-state index in [0.717, 1.165) is 32.2 Å². The van der Waals surface area contributed by atoms with Crippen LogP contribution in [0.15, 0.2) is 0 Å². The van der Waals surface area contributed by atoms with Crippen LogP contribution in [0.5, 0.6) is 0 Å². The molecule has 1 rings (SSSR count). The summed E-state index contributed by atoms with van der Waals surface area (Å²) in [4.78, 5) is 11.8. The zero-order valence-electron chi connectivity index (χ0n) is 9.96. The van der Waals surface area contributed by atoms with Crippen molar-refractivity contribution in [2.45, 2.75) is 45.1 Å². The molecule has 0 aromatic carbocycles. The highest BCUT2D eigenvalue weighted by Gasteiger charge is 2.23. The van der Waals surface area contributed by atoms with E-state index in [-0.39, 0.29) is 11.8 Å². The van der Waals surface area contributed by atoms with Gasteiger partial charge in [0.2, 0.25) is 5.91 Å². The lowest BCUT2D eigenvalue weighted by molar-refractivity contribution is -0.126. The zero-order valence-corrected chi connectivity index (χ0v) is 9.96. The Hall–Kier alpha value is -1.08. The minimum Gasteiger partial charge on any atom is -0.356 e. The van der Waals surface area contributed by atoms with E-state index in [4.69, 9.17) is 5.26 Å². The van der Waals surface area contributed by atoms with Crippen LogP contribution in [-0.4, -0.2) is 25.0 Å². The summed E-state index contributed by atoms with van der Waals surface area (Å²) < 4.78 is 0. The summed E-state index contributed by atoms with van der Waals surface area (Å²) in [7, 11) is 0. The normalized spacial score (nSPS) is 24.8. The molecule has 1 aliphatic rings. The number of nitrogens with zero attached hydrogens (tertiary/aromatic N) is 1. The van der Waals surface area contributed by atoms with E-state index in [1.165, 1.54) is 0 Å². The maximum Gasteiger partial charge on any atom is 0.223 e. The standard InChI is InChI=1S/C12H21N3O/c1-10-9-11(5-8-14-10)12(16)15-7-4-2-3-6-13/h10-11,14H,2-5,7-9H2,1H3,(H,15,16). The van der Waals surface area contributed by atoms with Crippen LogP contribution in [0.4, 0.5) is 0 Å². The van der Waals surface area contributed by atoms with E-state index in [1.807, 2.05) is 0 Å². The number of nitriles is 1. The lowest BCUT2D eigenvalue weighted by Crippen LogP contribution is -2.42. The molecular weight excluding hydrogens is 202 g/mol. The third-order valence-corrected chi connectivity index (χ3v) is 3.01. The summed E-state index contributed by atoms with van der Waals surface area (Å²) in [5.74, 6) is 0.359. The largest absolute Gasteiger partial charge is 0.356 e. The highest BCUT2D eigenvalue weighted by Crippen LogP contribution is 2.15. The van der Waals surface area contributed by atoms with Crippen molar-refractivity contribution >= 4 is 5.91 Å². The van der Waals surface area contributed by atoms with Gasteiger partial charge in [0.1, 0.15) is 0 Å². The zero-order chi connectivity index (χ0) is 11.8. The second kappa shape index (κ2) is 7.24. The molecule has 2 atom stereocenters. The Bertz CT molecular complexity index is 259. The maximum atomic E-state index is 11.8. The number of carbonyl (C=O) groups is 1. The summed E-state index contributed by atoms with van der Waals surface area (Å²) in [5, 5.41) is 14.7. The van der Waals surface area contributed by atoms with E-state index in [1.54, 1.807) is 0 Å². The molecule has 1 fully saturated rings. The van der Waals surface area contributed by atoms with Gasteiger partial charge in [0, 0.05) is 24.9 Å². The van der Waals surface area contributed by atoms with Crippen LogP contribution < -0.4 is 10.6 Å². The Morgan fingerprint density at radius 1 is 1.56 bits per heavy atom. The van der Waals surface area contributed by atoms with Crippen molar-refractivity contribution in [2.75, 3.05) is 13.1 Å². The van der Waals surface area contributed by atoms with Gasteiger partial charge in [-0.25, -0.2) is 0 Å². The molecule has 0 aliphatic carbocycles. The van der Waals surface area contributed by atoms with Crippen LogP contribution in [0, 0.1) is 17.2 Å². The first kappa shape index (κ1) is 13.0. The van der Waals surface area contributed by atoms with Gasteiger partial charge >= 0.3 is 0 Å². The predicted octanol–water partition coefficient (Wildman–Crippen LogP) is 1.18. The summed E-state index contributed by atoms with van der Waals surface area (Å²) in [6, 6.07) is 2.55. The summed E-state index contributed by atoms with van der Waals surface area (Å²) >= 11 is 0. The van der Waals surface area contributed by atoms with E-state index in [2.05, 4.69) is 23.6 Å². The van der Waals surface area contributed by atoms with E-state index in [9.17, 15) is 4.79 Å². The molecule has 1 heterocycles. The first-order chi connectivity index (χ1) is 7.74. The summed E-state index contributed by atoms with van der Waals surface area (Å²) in [6.07, 6.45) is 4.23. The van der Waals surface area contributed by atoms with Gasteiger partial charge in [-0.05, 0) is 39.2 Å². The molecule has 0 aromatic rings. The minimum atomic E-state index is 0.173. The van der Waals surface area contributed by atoms with Crippen molar-refractivity contribution in [1.82, 2.24) is 10.6 Å². The van der Waals surface area contributed by atoms with Crippen molar-refractivity contribution in [3.8, 4) is 6.07 Å². The van der Waals surface area contributed by atoms with Crippen molar-refractivity contribution in [3.05, 3.63) is 0 Å². The Balaban J connectivity index is 2.12. The van der Waals surface area contributed by atoms with Crippen molar-refractivity contribution in [2.24, 2.45) is 5.92 Å². The predicted molar refractivity (Wildman–Crippen MR) is 62.7 cm³/mol. The van der Waals surface area contributed by atoms with Crippen LogP contribution in [0.2, 0.25) is 0 Å². The highest BCUT2D eigenvalue weighted by molar-refractivity contribution is 5.78. The number of rotatable bonds is 5. The smallest absolute Gasteiger partial charge is 0.223 e. The molecule has 0 aromatic heterocycles. The Morgan fingerprint density at radius 3 is 3.06 bits per heavy atom. The van der Waals surface area contributed by atoms with E-state index in [0.29, 0.717) is 19.0 Å². The molecule has 16 heavy (non-hydrogen) atoms. The number of unbranched alkanes of at least 4 members (excludes halogenated alkanes) is 2. The highest BCUT2D eigenvalue weighted by atomic mass is 16.1. The number of amides is 1. The molecule has 0 bridgehead atoms. The van der Waals surface area contributed by atoms with Gasteiger partial charge in [0.25, 0.3) is 0 Å². The minimum absolute atomic E-state index is 0.173. The van der Waals surface area contributed by atoms with Gasteiger partial charge < -0.3 is 10.6 Å². The quantitative estimate of drug-likeness (QED) is 0.688. The maximum absolute atomic E-state index is 11.8. The fraction of sp³-hybridized carbons (Fsp3) is 0.833. The number of piperidine rings is 1. The number of carbonyl (C=O) groups excluding carboxylic acids is 1. The van der Waals surface area contributed by atoms with Crippen LogP contribution in [0.3, 0.4) is 0 Å². The first-order valence-corrected chi connectivity index (χ1v) is 6.12. The number of hydrogen-bond donors (Lipinski definition) is 2. The third kappa shape index (κ3) is 4.63. The molecular formula is C12H21N3O. The Labute approximate surface area is 97.4 Å². The monoisotopic (exact) mass is 223 g/mol. The fourth-order valence-electron chi connectivity index (χ4n) is 2.06. The van der Waals surface area contributed by atoms with Crippen molar-refractivity contribution < 1.29 is 4.79 Å². The molecule has 0 radical (unpaired) electrons. The van der Waals surface area contributed by atoms with Crippen molar-refractivity contribution in [1.29, 1.82) is 5.26 Å².